The lowest BCUT2D eigenvalue weighted by molar-refractivity contribution is 0.0810. The topological polar surface area (TPSA) is 37.6 Å². The van der Waals surface area contributed by atoms with Crippen molar-refractivity contribution in [2.45, 2.75) is 26.3 Å². The van der Waals surface area contributed by atoms with Crippen LogP contribution in [0.3, 0.4) is 0 Å². The number of aromatic nitrogens is 2. The van der Waals surface area contributed by atoms with Crippen LogP contribution in [-0.4, -0.2) is 33.2 Å². The molecule has 128 valence electrons. The summed E-state index contributed by atoms with van der Waals surface area (Å²) in [7, 11) is 0. The lowest BCUT2D eigenvalue weighted by Gasteiger charge is -2.31. The number of likely N-dealkylation sites (tertiary alicyclic amines) is 1. The molecule has 4 heteroatoms. The van der Waals surface area contributed by atoms with Gasteiger partial charge in [0.15, 0.2) is 5.78 Å². The molecule has 0 saturated carbocycles. The molecule has 25 heavy (non-hydrogen) atoms. The number of aryl methyl sites for hydroxylation is 1. The molecule has 0 N–H and O–H groups in total. The third-order valence-corrected chi connectivity index (χ3v) is 5.11. The quantitative estimate of drug-likeness (QED) is 0.683. The molecule has 0 spiro atoms. The number of imidazole rings is 1. The lowest BCUT2D eigenvalue weighted by atomic mass is 9.90. The van der Waals surface area contributed by atoms with Crippen molar-refractivity contribution in [1.82, 2.24) is 14.3 Å². The summed E-state index contributed by atoms with van der Waals surface area (Å²) in [6.45, 7) is 4.69. The van der Waals surface area contributed by atoms with Crippen molar-refractivity contribution in [1.29, 1.82) is 0 Å². The summed E-state index contributed by atoms with van der Waals surface area (Å²) in [5.41, 5.74) is 3.10. The predicted molar refractivity (Wildman–Crippen MR) is 98.7 cm³/mol. The Morgan fingerprint density at radius 3 is 2.80 bits per heavy atom. The predicted octanol–water partition coefficient (Wildman–Crippen LogP) is 3.74. The van der Waals surface area contributed by atoms with E-state index in [0.717, 1.165) is 55.1 Å². The Hall–Kier alpha value is -2.46. The Morgan fingerprint density at radius 2 is 1.96 bits per heavy atom. The molecule has 0 amide bonds. The fourth-order valence-electron chi connectivity index (χ4n) is 3.85. The number of hydrogen-bond donors (Lipinski definition) is 0. The molecular weight excluding hydrogens is 310 g/mol. The second kappa shape index (κ2) is 6.81. The zero-order chi connectivity index (χ0) is 17.2. The number of nitrogens with zero attached hydrogens (tertiary/aromatic N) is 3. The Bertz CT molecular complexity index is 885. The highest BCUT2D eigenvalue weighted by atomic mass is 16.1. The molecule has 0 radical (unpaired) electrons. The van der Waals surface area contributed by atoms with Gasteiger partial charge in [-0.2, -0.15) is 0 Å². The summed E-state index contributed by atoms with van der Waals surface area (Å²) in [4.78, 5) is 19.9. The van der Waals surface area contributed by atoms with E-state index < -0.39 is 0 Å². The van der Waals surface area contributed by atoms with E-state index in [1.807, 2.05) is 43.3 Å². The maximum absolute atomic E-state index is 12.8. The number of hydrogen-bond acceptors (Lipinski definition) is 3. The van der Waals surface area contributed by atoms with Gasteiger partial charge < -0.3 is 4.40 Å². The van der Waals surface area contributed by atoms with Crippen LogP contribution < -0.4 is 0 Å². The first-order valence-electron chi connectivity index (χ1n) is 8.96. The largest absolute Gasteiger partial charge is 0.304 e. The van der Waals surface area contributed by atoms with Crippen molar-refractivity contribution in [3.63, 3.8) is 0 Å². The van der Waals surface area contributed by atoms with Crippen LogP contribution in [0.2, 0.25) is 0 Å². The zero-order valence-electron chi connectivity index (χ0n) is 14.6. The molecule has 1 aliphatic rings. The number of benzene rings is 1. The number of carbonyl (C=O) groups excluding carboxylic acids is 1. The van der Waals surface area contributed by atoms with Crippen LogP contribution in [0.25, 0.3) is 5.52 Å². The molecular formula is C21H23N3O. The monoisotopic (exact) mass is 333 g/mol. The van der Waals surface area contributed by atoms with E-state index >= 15 is 0 Å². The highest BCUT2D eigenvalue weighted by molar-refractivity contribution is 5.98. The van der Waals surface area contributed by atoms with Crippen molar-refractivity contribution in [3.05, 3.63) is 71.8 Å². The lowest BCUT2D eigenvalue weighted by Crippen LogP contribution is -2.38. The minimum absolute atomic E-state index is 0.0890. The van der Waals surface area contributed by atoms with Crippen LogP contribution >= 0.6 is 0 Å². The second-order valence-corrected chi connectivity index (χ2v) is 6.87. The maximum Gasteiger partial charge on any atom is 0.167 e. The molecule has 0 bridgehead atoms. The zero-order valence-corrected chi connectivity index (χ0v) is 14.6. The second-order valence-electron chi connectivity index (χ2n) is 6.87. The summed E-state index contributed by atoms with van der Waals surface area (Å²) >= 11 is 0. The summed E-state index contributed by atoms with van der Waals surface area (Å²) in [5, 5.41) is 0. The molecule has 4 nitrogen and oxygen atoms in total. The van der Waals surface area contributed by atoms with Crippen molar-refractivity contribution in [2.24, 2.45) is 5.92 Å². The van der Waals surface area contributed by atoms with Gasteiger partial charge in [0.1, 0.15) is 5.82 Å². The molecule has 0 aliphatic carbocycles. The van der Waals surface area contributed by atoms with E-state index in [2.05, 4.69) is 27.6 Å². The van der Waals surface area contributed by atoms with E-state index in [0.29, 0.717) is 0 Å². The third kappa shape index (κ3) is 3.22. The Balaban J connectivity index is 1.51. The molecule has 1 atom stereocenters. The van der Waals surface area contributed by atoms with E-state index in [4.69, 9.17) is 4.98 Å². The van der Waals surface area contributed by atoms with Crippen LogP contribution in [0.1, 0.15) is 34.7 Å². The molecule has 3 aromatic rings. The first-order chi connectivity index (χ1) is 12.2. The highest BCUT2D eigenvalue weighted by Crippen LogP contribution is 2.23. The fraction of sp³-hybridized carbons (Fsp3) is 0.333. The van der Waals surface area contributed by atoms with E-state index in [-0.39, 0.29) is 11.7 Å². The Labute approximate surface area is 148 Å². The fourth-order valence-corrected chi connectivity index (χ4v) is 3.85. The smallest absolute Gasteiger partial charge is 0.167 e. The van der Waals surface area contributed by atoms with Crippen LogP contribution in [0.5, 0.6) is 0 Å². The molecule has 1 fully saturated rings. The van der Waals surface area contributed by atoms with Crippen LogP contribution in [0, 0.1) is 12.8 Å². The number of ketones is 1. The SMILES string of the molecule is Cc1nc(CN2CCCC(C(=O)c3ccccc3)C2)c2ccccn12. The van der Waals surface area contributed by atoms with Crippen molar-refractivity contribution in [2.75, 3.05) is 13.1 Å². The highest BCUT2D eigenvalue weighted by Gasteiger charge is 2.27. The number of piperidine rings is 1. The van der Waals surface area contributed by atoms with E-state index in [1.165, 1.54) is 0 Å². The van der Waals surface area contributed by atoms with E-state index in [9.17, 15) is 4.79 Å². The summed E-state index contributed by atoms with van der Waals surface area (Å²) in [6.07, 6.45) is 4.10. The third-order valence-electron chi connectivity index (χ3n) is 5.11. The average molecular weight is 333 g/mol. The Kier molecular flexibility index (Phi) is 4.36. The molecule has 1 aliphatic heterocycles. The summed E-state index contributed by atoms with van der Waals surface area (Å²) in [6, 6.07) is 15.9. The van der Waals surface area contributed by atoms with Gasteiger partial charge >= 0.3 is 0 Å². The van der Waals surface area contributed by atoms with Crippen LogP contribution in [-0.2, 0) is 6.54 Å². The van der Waals surface area contributed by atoms with Gasteiger partial charge in [-0.3, -0.25) is 9.69 Å². The van der Waals surface area contributed by atoms with Gasteiger partial charge in [-0.1, -0.05) is 36.4 Å². The van der Waals surface area contributed by atoms with Crippen LogP contribution in [0.4, 0.5) is 0 Å². The van der Waals surface area contributed by atoms with Crippen molar-refractivity contribution < 1.29 is 4.79 Å². The molecule has 1 unspecified atom stereocenters. The van der Waals surface area contributed by atoms with Gasteiger partial charge in [-0.25, -0.2) is 4.98 Å². The molecule has 2 aromatic heterocycles. The first kappa shape index (κ1) is 16.0. The minimum atomic E-state index is 0.0890. The number of Topliss-reactive ketones (excluding diaryl/α,β-unsaturated/α-hetero) is 1. The number of rotatable bonds is 4. The van der Waals surface area contributed by atoms with Gasteiger partial charge in [0.25, 0.3) is 0 Å². The van der Waals surface area contributed by atoms with Crippen molar-refractivity contribution in [3.8, 4) is 0 Å². The van der Waals surface area contributed by atoms with Gasteiger partial charge in [0.05, 0.1) is 11.2 Å². The molecule has 4 rings (SSSR count). The standard InChI is InChI=1S/C21H23N3O/c1-16-22-19(20-11-5-6-13-24(16)20)15-23-12-7-10-18(14-23)21(25)17-8-3-2-4-9-17/h2-6,8-9,11,13,18H,7,10,12,14-15H2,1H3. The summed E-state index contributed by atoms with van der Waals surface area (Å²) in [5.74, 6) is 1.38. The van der Waals surface area contributed by atoms with Crippen molar-refractivity contribution >= 4 is 11.3 Å². The molecule has 1 saturated heterocycles. The maximum atomic E-state index is 12.8. The minimum Gasteiger partial charge on any atom is -0.304 e. The average Bonchev–Trinajstić information content (AvgIpc) is 2.98. The number of fused-ring (bicyclic) bond motifs is 1. The molecule has 3 heterocycles. The van der Waals surface area contributed by atoms with Gasteiger partial charge in [0, 0.05) is 30.8 Å². The summed E-state index contributed by atoms with van der Waals surface area (Å²) < 4.78 is 2.13. The Morgan fingerprint density at radius 1 is 1.16 bits per heavy atom. The first-order valence-corrected chi connectivity index (χ1v) is 8.96. The van der Waals surface area contributed by atoms with Gasteiger partial charge in [0.2, 0.25) is 0 Å². The number of pyridine rings is 1. The van der Waals surface area contributed by atoms with Gasteiger partial charge in [-0.15, -0.1) is 0 Å². The normalized spacial score (nSPS) is 18.5. The number of carbonyl (C=O) groups is 1. The van der Waals surface area contributed by atoms with E-state index in [1.54, 1.807) is 0 Å². The van der Waals surface area contributed by atoms with Gasteiger partial charge in [-0.05, 0) is 38.4 Å². The molecule has 1 aromatic carbocycles. The van der Waals surface area contributed by atoms with Crippen LogP contribution in [0.15, 0.2) is 54.7 Å².